The van der Waals surface area contributed by atoms with E-state index in [9.17, 15) is 19.2 Å². The third-order valence-corrected chi connectivity index (χ3v) is 3.34. The van der Waals surface area contributed by atoms with Crippen LogP contribution in [-0.4, -0.2) is 44.3 Å². The van der Waals surface area contributed by atoms with Gasteiger partial charge in [0.05, 0.1) is 23.7 Å². The Morgan fingerprint density at radius 3 is 1.89 bits per heavy atom. The first-order chi connectivity index (χ1) is 8.20. The maximum absolute atomic E-state index is 11.2. The maximum atomic E-state index is 11.2. The number of carboxylic acid groups (broad SMARTS) is 4. The maximum Gasteiger partial charge on any atom is 0.311 e. The van der Waals surface area contributed by atoms with Crippen molar-refractivity contribution in [3.8, 4) is 0 Å². The van der Waals surface area contributed by atoms with Crippen molar-refractivity contribution in [3.63, 3.8) is 0 Å². The van der Waals surface area contributed by atoms with Gasteiger partial charge in [0.25, 0.3) is 0 Å². The highest BCUT2D eigenvalue weighted by molar-refractivity contribution is 5.89. The van der Waals surface area contributed by atoms with Crippen LogP contribution in [-0.2, 0) is 19.2 Å². The van der Waals surface area contributed by atoms with Crippen molar-refractivity contribution in [1.29, 1.82) is 0 Å². The molecule has 0 aromatic carbocycles. The third-order valence-electron chi connectivity index (χ3n) is 3.34. The zero-order chi connectivity index (χ0) is 14.1. The number of carbonyl (C=O) groups is 4. The van der Waals surface area contributed by atoms with Crippen LogP contribution in [0.2, 0.25) is 0 Å². The second-order valence-electron chi connectivity index (χ2n) is 4.40. The van der Waals surface area contributed by atoms with E-state index in [4.69, 9.17) is 20.4 Å². The van der Waals surface area contributed by atoms with Gasteiger partial charge >= 0.3 is 23.9 Å². The van der Waals surface area contributed by atoms with E-state index in [2.05, 4.69) is 0 Å². The first-order valence-corrected chi connectivity index (χ1v) is 5.11. The lowest BCUT2D eigenvalue weighted by molar-refractivity contribution is -0.165. The highest BCUT2D eigenvalue weighted by Crippen LogP contribution is 2.49. The molecule has 0 aromatic rings. The average Bonchev–Trinajstić information content (AvgIpc) is 2.57. The van der Waals surface area contributed by atoms with Crippen LogP contribution in [0.1, 0.15) is 19.3 Å². The Morgan fingerprint density at radius 2 is 1.56 bits per heavy atom. The van der Waals surface area contributed by atoms with Crippen LogP contribution in [0.5, 0.6) is 0 Å². The summed E-state index contributed by atoms with van der Waals surface area (Å²) >= 11 is 0. The fourth-order valence-electron chi connectivity index (χ4n) is 2.48. The van der Waals surface area contributed by atoms with Crippen molar-refractivity contribution in [2.75, 3.05) is 0 Å². The molecule has 8 heteroatoms. The van der Waals surface area contributed by atoms with E-state index in [0.29, 0.717) is 0 Å². The minimum absolute atomic E-state index is 0.371. The number of aliphatic carboxylic acids is 4. The van der Waals surface area contributed by atoms with Crippen LogP contribution in [0.25, 0.3) is 0 Å². The highest BCUT2D eigenvalue weighted by Gasteiger charge is 2.58. The lowest BCUT2D eigenvalue weighted by Gasteiger charge is -2.26. The Kier molecular flexibility index (Phi) is 3.59. The zero-order valence-corrected chi connectivity index (χ0v) is 9.20. The monoisotopic (exact) mass is 260 g/mol. The van der Waals surface area contributed by atoms with Crippen molar-refractivity contribution < 1.29 is 39.6 Å². The van der Waals surface area contributed by atoms with E-state index in [-0.39, 0.29) is 6.42 Å². The summed E-state index contributed by atoms with van der Waals surface area (Å²) in [5, 5.41) is 35.6. The molecule has 18 heavy (non-hydrogen) atoms. The summed E-state index contributed by atoms with van der Waals surface area (Å²) in [6.07, 6.45) is -1.76. The molecule has 0 spiro atoms. The van der Waals surface area contributed by atoms with Crippen molar-refractivity contribution in [2.45, 2.75) is 19.3 Å². The van der Waals surface area contributed by atoms with Gasteiger partial charge in [0, 0.05) is 0 Å². The predicted octanol–water partition coefficient (Wildman–Crippen LogP) is -0.273. The van der Waals surface area contributed by atoms with Crippen LogP contribution >= 0.6 is 0 Å². The van der Waals surface area contributed by atoms with Gasteiger partial charge in [-0.15, -0.1) is 0 Å². The molecule has 1 fully saturated rings. The van der Waals surface area contributed by atoms with E-state index < -0.39 is 54.0 Å². The summed E-state index contributed by atoms with van der Waals surface area (Å²) in [4.78, 5) is 43.8. The second-order valence-corrected chi connectivity index (χ2v) is 4.40. The molecule has 100 valence electrons. The number of carboxylic acids is 4. The fraction of sp³-hybridized carbons (Fsp3) is 0.600. The van der Waals surface area contributed by atoms with E-state index in [1.165, 1.54) is 0 Å². The molecule has 0 unspecified atom stereocenters. The molecule has 0 saturated heterocycles. The van der Waals surface area contributed by atoms with Gasteiger partial charge in [0.15, 0.2) is 0 Å². The van der Waals surface area contributed by atoms with Crippen LogP contribution in [0.15, 0.2) is 0 Å². The second kappa shape index (κ2) is 4.63. The molecule has 0 aromatic heterocycles. The molecule has 4 N–H and O–H groups in total. The lowest BCUT2D eigenvalue weighted by Crippen LogP contribution is -2.40. The quantitative estimate of drug-likeness (QED) is 0.527. The van der Waals surface area contributed by atoms with Gasteiger partial charge < -0.3 is 20.4 Å². The SMILES string of the molecule is O=C(O)C[C@@]1(C(=O)O)C[C@@H](C(=O)O)C[C@H]1C(=O)O. The highest BCUT2D eigenvalue weighted by atomic mass is 16.4. The first-order valence-electron chi connectivity index (χ1n) is 5.11. The van der Waals surface area contributed by atoms with Gasteiger partial charge in [0.1, 0.15) is 0 Å². The Balaban J connectivity index is 3.19. The fourth-order valence-corrected chi connectivity index (χ4v) is 2.48. The summed E-state index contributed by atoms with van der Waals surface area (Å²) in [5.41, 5.74) is -2.05. The molecule has 1 rings (SSSR count). The standard InChI is InChI=1S/C10H12O8/c11-6(12)3-10(9(17)18)2-4(7(13)14)1-5(10)8(15)16/h4-5H,1-3H2,(H,11,12)(H,13,14)(H,15,16)(H,17,18)/t4-,5-,10-/m0/s1. The molecule has 0 bridgehead atoms. The number of rotatable bonds is 5. The molecule has 0 aliphatic heterocycles. The molecular formula is C10H12O8. The molecular weight excluding hydrogens is 248 g/mol. The van der Waals surface area contributed by atoms with Crippen molar-refractivity contribution in [1.82, 2.24) is 0 Å². The van der Waals surface area contributed by atoms with Gasteiger partial charge in [-0.3, -0.25) is 19.2 Å². The van der Waals surface area contributed by atoms with Crippen LogP contribution in [0, 0.1) is 17.3 Å². The summed E-state index contributed by atoms with van der Waals surface area (Å²) in [5.74, 6) is -8.50. The van der Waals surface area contributed by atoms with E-state index in [0.717, 1.165) is 0 Å². The van der Waals surface area contributed by atoms with Gasteiger partial charge in [-0.1, -0.05) is 0 Å². The van der Waals surface area contributed by atoms with Crippen LogP contribution in [0.4, 0.5) is 0 Å². The molecule has 8 nitrogen and oxygen atoms in total. The smallest absolute Gasteiger partial charge is 0.311 e. The molecule has 0 amide bonds. The summed E-state index contributed by atoms with van der Waals surface area (Å²) in [7, 11) is 0. The number of hydrogen-bond acceptors (Lipinski definition) is 4. The molecule has 1 aliphatic rings. The Hall–Kier alpha value is -2.12. The van der Waals surface area contributed by atoms with Gasteiger partial charge in [-0.2, -0.15) is 0 Å². The zero-order valence-electron chi connectivity index (χ0n) is 9.20. The largest absolute Gasteiger partial charge is 0.481 e. The Morgan fingerprint density at radius 1 is 1.00 bits per heavy atom. The van der Waals surface area contributed by atoms with Crippen LogP contribution < -0.4 is 0 Å². The van der Waals surface area contributed by atoms with E-state index >= 15 is 0 Å². The summed E-state index contributed by atoms with van der Waals surface area (Å²) in [6, 6.07) is 0. The Labute approximate surface area is 101 Å². The third kappa shape index (κ3) is 2.27. The minimum Gasteiger partial charge on any atom is -0.481 e. The van der Waals surface area contributed by atoms with Crippen molar-refractivity contribution >= 4 is 23.9 Å². The first kappa shape index (κ1) is 13.9. The van der Waals surface area contributed by atoms with Crippen molar-refractivity contribution in [3.05, 3.63) is 0 Å². The predicted molar refractivity (Wildman–Crippen MR) is 53.8 cm³/mol. The van der Waals surface area contributed by atoms with E-state index in [1.54, 1.807) is 0 Å². The Bertz CT molecular complexity index is 414. The number of hydrogen-bond donors (Lipinski definition) is 4. The van der Waals surface area contributed by atoms with Gasteiger partial charge in [0.2, 0.25) is 0 Å². The molecule has 1 saturated carbocycles. The molecule has 3 atom stereocenters. The van der Waals surface area contributed by atoms with Crippen LogP contribution in [0.3, 0.4) is 0 Å². The van der Waals surface area contributed by atoms with Gasteiger partial charge in [-0.25, -0.2) is 0 Å². The van der Waals surface area contributed by atoms with E-state index in [1.807, 2.05) is 0 Å². The normalized spacial score (nSPS) is 30.9. The molecule has 0 radical (unpaired) electrons. The molecule has 0 heterocycles. The summed E-state index contributed by atoms with van der Waals surface area (Å²) in [6.45, 7) is 0. The summed E-state index contributed by atoms with van der Waals surface area (Å²) < 4.78 is 0. The minimum atomic E-state index is -2.05. The van der Waals surface area contributed by atoms with Crippen molar-refractivity contribution in [2.24, 2.45) is 17.3 Å². The lowest BCUT2D eigenvalue weighted by atomic mass is 9.75. The topological polar surface area (TPSA) is 149 Å². The average molecular weight is 260 g/mol. The van der Waals surface area contributed by atoms with Gasteiger partial charge in [-0.05, 0) is 12.8 Å². The molecule has 1 aliphatic carbocycles.